The van der Waals surface area contributed by atoms with Gasteiger partial charge in [0.2, 0.25) is 0 Å². The predicted octanol–water partition coefficient (Wildman–Crippen LogP) is 2.64. The van der Waals surface area contributed by atoms with Crippen LogP contribution in [0.15, 0.2) is 42.7 Å². The number of nitrogen functional groups attached to an aromatic ring is 1. The van der Waals surface area contributed by atoms with E-state index in [1.165, 1.54) is 6.20 Å². The lowest BCUT2D eigenvalue weighted by molar-refractivity contribution is 0.0989. The van der Waals surface area contributed by atoms with Crippen LogP contribution in [0.2, 0.25) is 0 Å². The summed E-state index contributed by atoms with van der Waals surface area (Å²) in [6.07, 6.45) is 3.07. The number of nitrogens with two attached hydrogens (primary N) is 1. The second-order valence-corrected chi connectivity index (χ2v) is 4.35. The number of carbonyl (C=O) groups excluding carboxylic acids is 1. The average Bonchev–Trinajstić information content (AvgIpc) is 2.42. The summed E-state index contributed by atoms with van der Waals surface area (Å²) < 4.78 is 0. The maximum atomic E-state index is 12.5. The van der Waals surface area contributed by atoms with Gasteiger partial charge >= 0.3 is 0 Å². The molecule has 0 saturated heterocycles. The first-order valence-electron chi connectivity index (χ1n) is 6.21. The zero-order valence-corrected chi connectivity index (χ0v) is 11.1. The second kappa shape index (κ2) is 5.52. The molecule has 1 aromatic carbocycles. The molecule has 0 aliphatic carbocycles. The fraction of sp³-hybridized carbons (Fsp3) is 0.200. The highest BCUT2D eigenvalue weighted by Crippen LogP contribution is 2.20. The molecule has 1 aromatic heterocycles. The van der Waals surface area contributed by atoms with E-state index in [4.69, 9.17) is 5.73 Å². The fourth-order valence-corrected chi connectivity index (χ4v) is 1.91. The van der Waals surface area contributed by atoms with Crippen LogP contribution in [0.4, 0.5) is 11.4 Å². The van der Waals surface area contributed by atoms with Gasteiger partial charge in [-0.3, -0.25) is 9.78 Å². The Balaban J connectivity index is 2.35. The van der Waals surface area contributed by atoms with E-state index in [1.54, 1.807) is 17.2 Å². The van der Waals surface area contributed by atoms with Gasteiger partial charge in [0.05, 0.1) is 17.4 Å². The molecule has 19 heavy (non-hydrogen) atoms. The van der Waals surface area contributed by atoms with Crippen LogP contribution in [0.25, 0.3) is 0 Å². The minimum atomic E-state index is -0.105. The number of carbonyl (C=O) groups is 1. The Morgan fingerprint density at radius 1 is 1.26 bits per heavy atom. The number of nitrogens with zero attached hydrogens (tertiary/aromatic N) is 2. The summed E-state index contributed by atoms with van der Waals surface area (Å²) in [5.41, 5.74) is 8.72. The molecule has 0 unspecified atom stereocenters. The molecule has 0 radical (unpaired) electrons. The summed E-state index contributed by atoms with van der Waals surface area (Å²) in [5.74, 6) is -0.105. The molecule has 0 fully saturated rings. The zero-order chi connectivity index (χ0) is 13.8. The van der Waals surface area contributed by atoms with E-state index in [2.05, 4.69) is 4.98 Å². The van der Waals surface area contributed by atoms with Gasteiger partial charge in [0.15, 0.2) is 0 Å². The molecular formula is C15H17N3O. The second-order valence-electron chi connectivity index (χ2n) is 4.35. The van der Waals surface area contributed by atoms with Crippen molar-refractivity contribution in [2.24, 2.45) is 0 Å². The van der Waals surface area contributed by atoms with Crippen molar-refractivity contribution in [3.63, 3.8) is 0 Å². The van der Waals surface area contributed by atoms with E-state index in [-0.39, 0.29) is 5.91 Å². The normalized spacial score (nSPS) is 10.2. The van der Waals surface area contributed by atoms with Crippen LogP contribution in [0, 0.1) is 6.92 Å². The highest BCUT2D eigenvalue weighted by Gasteiger charge is 2.18. The Bertz CT molecular complexity index is 578. The fourth-order valence-electron chi connectivity index (χ4n) is 1.91. The zero-order valence-electron chi connectivity index (χ0n) is 11.1. The summed E-state index contributed by atoms with van der Waals surface area (Å²) in [7, 11) is 0. The van der Waals surface area contributed by atoms with Crippen LogP contribution in [0.3, 0.4) is 0 Å². The van der Waals surface area contributed by atoms with Crippen LogP contribution in [-0.2, 0) is 0 Å². The Morgan fingerprint density at radius 2 is 1.95 bits per heavy atom. The Morgan fingerprint density at radius 3 is 2.53 bits per heavy atom. The van der Waals surface area contributed by atoms with Crippen LogP contribution in [0.1, 0.15) is 22.8 Å². The molecule has 0 spiro atoms. The molecule has 4 nitrogen and oxygen atoms in total. The SMILES string of the molecule is CCN(C(=O)c1ccncc1N)c1ccc(C)cc1. The first kappa shape index (κ1) is 13.1. The Hall–Kier alpha value is -2.36. The summed E-state index contributed by atoms with van der Waals surface area (Å²) in [5, 5.41) is 0. The third-order valence-corrected chi connectivity index (χ3v) is 2.99. The highest BCUT2D eigenvalue weighted by molar-refractivity contribution is 6.09. The molecular weight excluding hydrogens is 238 g/mol. The summed E-state index contributed by atoms with van der Waals surface area (Å²) in [6.45, 7) is 4.54. The van der Waals surface area contributed by atoms with Gasteiger partial charge in [-0.1, -0.05) is 17.7 Å². The standard InChI is InChI=1S/C15H17N3O/c1-3-18(12-6-4-11(2)5-7-12)15(19)13-8-9-17-10-14(13)16/h4-10H,3,16H2,1-2H3. The quantitative estimate of drug-likeness (QED) is 0.917. The molecule has 1 amide bonds. The number of hydrogen-bond donors (Lipinski definition) is 1. The smallest absolute Gasteiger partial charge is 0.260 e. The number of amides is 1. The molecule has 2 aromatic rings. The molecule has 0 aliphatic rings. The monoisotopic (exact) mass is 255 g/mol. The largest absolute Gasteiger partial charge is 0.397 e. The van der Waals surface area contributed by atoms with Crippen LogP contribution in [-0.4, -0.2) is 17.4 Å². The minimum absolute atomic E-state index is 0.105. The van der Waals surface area contributed by atoms with E-state index in [1.807, 2.05) is 38.1 Å². The van der Waals surface area contributed by atoms with Crippen molar-refractivity contribution in [1.29, 1.82) is 0 Å². The van der Waals surface area contributed by atoms with Crippen molar-refractivity contribution < 1.29 is 4.79 Å². The number of pyridine rings is 1. The van der Waals surface area contributed by atoms with E-state index < -0.39 is 0 Å². The molecule has 0 atom stereocenters. The molecule has 98 valence electrons. The summed E-state index contributed by atoms with van der Waals surface area (Å²) in [6, 6.07) is 9.50. The lowest BCUT2D eigenvalue weighted by atomic mass is 10.1. The Kier molecular flexibility index (Phi) is 3.80. The van der Waals surface area contributed by atoms with Gasteiger partial charge in [0, 0.05) is 18.4 Å². The third kappa shape index (κ3) is 2.73. The van der Waals surface area contributed by atoms with Gasteiger partial charge in [-0.05, 0) is 32.0 Å². The number of rotatable bonds is 3. The molecule has 4 heteroatoms. The van der Waals surface area contributed by atoms with Crippen LogP contribution < -0.4 is 10.6 Å². The van der Waals surface area contributed by atoms with Crippen molar-refractivity contribution in [2.75, 3.05) is 17.2 Å². The molecule has 2 rings (SSSR count). The number of aryl methyl sites for hydroxylation is 1. The molecule has 0 aliphatic heterocycles. The number of hydrogen-bond acceptors (Lipinski definition) is 3. The summed E-state index contributed by atoms with van der Waals surface area (Å²) >= 11 is 0. The van der Waals surface area contributed by atoms with Crippen LogP contribution in [0.5, 0.6) is 0 Å². The maximum absolute atomic E-state index is 12.5. The van der Waals surface area contributed by atoms with Crippen LogP contribution >= 0.6 is 0 Å². The molecule has 2 N–H and O–H groups in total. The van der Waals surface area contributed by atoms with Gasteiger partial charge in [-0.15, -0.1) is 0 Å². The topological polar surface area (TPSA) is 59.2 Å². The van der Waals surface area contributed by atoms with E-state index in [0.717, 1.165) is 11.3 Å². The maximum Gasteiger partial charge on any atom is 0.260 e. The molecule has 0 bridgehead atoms. The number of aromatic nitrogens is 1. The number of benzene rings is 1. The first-order chi connectivity index (χ1) is 9.13. The highest BCUT2D eigenvalue weighted by atomic mass is 16.2. The molecule has 1 heterocycles. The Labute approximate surface area is 112 Å². The van der Waals surface area contributed by atoms with Crippen molar-refractivity contribution in [2.45, 2.75) is 13.8 Å². The van der Waals surface area contributed by atoms with Crippen molar-refractivity contribution in [3.8, 4) is 0 Å². The van der Waals surface area contributed by atoms with E-state index in [9.17, 15) is 4.79 Å². The van der Waals surface area contributed by atoms with Gasteiger partial charge in [-0.25, -0.2) is 0 Å². The van der Waals surface area contributed by atoms with E-state index >= 15 is 0 Å². The lowest BCUT2D eigenvalue weighted by Gasteiger charge is -2.21. The predicted molar refractivity (Wildman–Crippen MR) is 77.2 cm³/mol. The van der Waals surface area contributed by atoms with Gasteiger partial charge in [0.1, 0.15) is 0 Å². The lowest BCUT2D eigenvalue weighted by Crippen LogP contribution is -2.31. The average molecular weight is 255 g/mol. The van der Waals surface area contributed by atoms with Crippen molar-refractivity contribution in [1.82, 2.24) is 4.98 Å². The van der Waals surface area contributed by atoms with Crippen molar-refractivity contribution in [3.05, 3.63) is 53.9 Å². The number of anilines is 2. The van der Waals surface area contributed by atoms with Gasteiger partial charge in [-0.2, -0.15) is 0 Å². The van der Waals surface area contributed by atoms with E-state index in [0.29, 0.717) is 17.8 Å². The third-order valence-electron chi connectivity index (χ3n) is 2.99. The summed E-state index contributed by atoms with van der Waals surface area (Å²) in [4.78, 5) is 18.1. The van der Waals surface area contributed by atoms with Gasteiger partial charge in [0.25, 0.3) is 5.91 Å². The minimum Gasteiger partial charge on any atom is -0.397 e. The van der Waals surface area contributed by atoms with Gasteiger partial charge < -0.3 is 10.6 Å². The molecule has 0 saturated carbocycles. The first-order valence-corrected chi connectivity index (χ1v) is 6.21. The van der Waals surface area contributed by atoms with Crippen molar-refractivity contribution >= 4 is 17.3 Å².